The van der Waals surface area contributed by atoms with E-state index in [1.54, 1.807) is 0 Å². The molecule has 30 heavy (non-hydrogen) atoms. The van der Waals surface area contributed by atoms with Gasteiger partial charge in [-0.2, -0.15) is 0 Å². The zero-order chi connectivity index (χ0) is 21.1. The van der Waals surface area contributed by atoms with Gasteiger partial charge in [-0.1, -0.05) is 45.0 Å². The van der Waals surface area contributed by atoms with Crippen LogP contribution in [-0.2, 0) is 5.60 Å². The number of hydrogen-bond acceptors (Lipinski definition) is 4. The molecular weight excluding hydrogens is 370 g/mol. The Balaban J connectivity index is 1.58. The smallest absolute Gasteiger partial charge is 0.124 e. The predicted octanol–water partition coefficient (Wildman–Crippen LogP) is 4.52. The van der Waals surface area contributed by atoms with E-state index in [4.69, 9.17) is 0 Å². The summed E-state index contributed by atoms with van der Waals surface area (Å²) in [5, 5.41) is 12.4. The van der Waals surface area contributed by atoms with Gasteiger partial charge in [-0.05, 0) is 55.8 Å². The van der Waals surface area contributed by atoms with E-state index in [2.05, 4.69) is 72.9 Å². The Morgan fingerprint density at radius 2 is 1.60 bits per heavy atom. The molecule has 5 rings (SSSR count). The van der Waals surface area contributed by atoms with Gasteiger partial charge in [-0.3, -0.25) is 4.98 Å². The van der Waals surface area contributed by atoms with Crippen molar-refractivity contribution in [1.82, 2.24) is 9.88 Å². The molecule has 1 aromatic heterocycles. The Hall–Kier alpha value is -1.91. The average molecular weight is 406 g/mol. The van der Waals surface area contributed by atoms with Crippen LogP contribution in [0.4, 0.5) is 5.69 Å². The fourth-order valence-electron chi connectivity index (χ4n) is 6.45. The van der Waals surface area contributed by atoms with Crippen LogP contribution in [-0.4, -0.2) is 47.2 Å². The number of aromatic nitrogens is 1. The van der Waals surface area contributed by atoms with E-state index in [9.17, 15) is 5.11 Å². The van der Waals surface area contributed by atoms with E-state index < -0.39 is 5.60 Å². The Kier molecular flexibility index (Phi) is 4.71. The van der Waals surface area contributed by atoms with Gasteiger partial charge >= 0.3 is 0 Å². The summed E-state index contributed by atoms with van der Waals surface area (Å²) in [5.74, 6) is 0.480. The minimum atomic E-state index is -1.06. The fourth-order valence-corrected chi connectivity index (χ4v) is 6.45. The quantitative estimate of drug-likeness (QED) is 0.794. The van der Waals surface area contributed by atoms with Crippen LogP contribution in [0.1, 0.15) is 69.1 Å². The lowest BCUT2D eigenvalue weighted by Gasteiger charge is -2.56. The van der Waals surface area contributed by atoms with Crippen LogP contribution in [0.25, 0.3) is 0 Å². The van der Waals surface area contributed by atoms with Crippen LogP contribution < -0.4 is 4.90 Å². The molecule has 4 heteroatoms. The number of benzene rings is 1. The first-order valence-electron chi connectivity index (χ1n) is 11.6. The lowest BCUT2D eigenvalue weighted by molar-refractivity contribution is -0.127. The maximum absolute atomic E-state index is 12.4. The molecule has 0 unspecified atom stereocenters. The molecule has 2 bridgehead atoms. The highest BCUT2D eigenvalue weighted by Gasteiger charge is 2.55. The van der Waals surface area contributed by atoms with Gasteiger partial charge in [0.2, 0.25) is 0 Å². The Bertz CT molecular complexity index is 898. The Morgan fingerprint density at radius 1 is 1.00 bits per heavy atom. The summed E-state index contributed by atoms with van der Waals surface area (Å²) in [4.78, 5) is 9.50. The van der Waals surface area contributed by atoms with E-state index in [0.717, 1.165) is 24.2 Å². The van der Waals surface area contributed by atoms with Crippen LogP contribution in [0.15, 0.2) is 42.7 Å². The number of hydrogen-bond donors (Lipinski definition) is 1. The summed E-state index contributed by atoms with van der Waals surface area (Å²) in [7, 11) is 2.13. The number of nitrogens with zero attached hydrogens (tertiary/aromatic N) is 3. The van der Waals surface area contributed by atoms with Crippen LogP contribution in [0.2, 0.25) is 0 Å². The summed E-state index contributed by atoms with van der Waals surface area (Å²) in [6.07, 6.45) is 9.05. The Labute approximate surface area is 180 Å². The molecule has 1 atom stereocenters. The minimum Gasteiger partial charge on any atom is -0.380 e. The van der Waals surface area contributed by atoms with E-state index >= 15 is 0 Å². The standard InChI is InChI=1S/C26H35N3O/c1-18(2)19-5-7-20(8-6-19)26(30,25(3)16-28(4)17-25)21-13-24(15-27-14-21)29-22-9-10-23(29)12-11-22/h5-8,13-15,18,22-23,30H,9-12,16-17H2,1-4H3/t22?,23?,26-/m0/s1. The van der Waals surface area contributed by atoms with E-state index in [0.29, 0.717) is 18.0 Å². The first-order valence-corrected chi connectivity index (χ1v) is 11.6. The van der Waals surface area contributed by atoms with Gasteiger partial charge in [0.1, 0.15) is 5.60 Å². The monoisotopic (exact) mass is 405 g/mol. The van der Waals surface area contributed by atoms with Crippen LogP contribution in [0.3, 0.4) is 0 Å². The molecule has 0 aliphatic carbocycles. The molecule has 1 N–H and O–H groups in total. The molecule has 0 amide bonds. The van der Waals surface area contributed by atoms with Crippen molar-refractivity contribution < 1.29 is 5.11 Å². The molecule has 0 spiro atoms. The fraction of sp³-hybridized carbons (Fsp3) is 0.577. The molecule has 0 radical (unpaired) electrons. The second kappa shape index (κ2) is 7.06. The van der Waals surface area contributed by atoms with Crippen molar-refractivity contribution in [2.75, 3.05) is 25.0 Å². The molecule has 2 aromatic rings. The van der Waals surface area contributed by atoms with E-state index in [1.807, 2.05) is 12.4 Å². The zero-order valence-corrected chi connectivity index (χ0v) is 18.8. The summed E-state index contributed by atoms with van der Waals surface area (Å²) < 4.78 is 0. The molecule has 3 fully saturated rings. The second-order valence-corrected chi connectivity index (χ2v) is 10.5. The molecule has 1 aromatic carbocycles. The Morgan fingerprint density at radius 3 is 2.13 bits per heavy atom. The van der Waals surface area contributed by atoms with Crippen molar-refractivity contribution >= 4 is 5.69 Å². The predicted molar refractivity (Wildman–Crippen MR) is 122 cm³/mol. The molecule has 4 heterocycles. The largest absolute Gasteiger partial charge is 0.380 e. The first kappa shape index (κ1) is 20.0. The third-order valence-corrected chi connectivity index (χ3v) is 8.00. The van der Waals surface area contributed by atoms with Crippen LogP contribution in [0.5, 0.6) is 0 Å². The zero-order valence-electron chi connectivity index (χ0n) is 18.8. The van der Waals surface area contributed by atoms with Crippen molar-refractivity contribution in [3.8, 4) is 0 Å². The third-order valence-electron chi connectivity index (χ3n) is 8.00. The van der Waals surface area contributed by atoms with Gasteiger partial charge < -0.3 is 14.9 Å². The van der Waals surface area contributed by atoms with Gasteiger partial charge in [0.05, 0.1) is 11.9 Å². The average Bonchev–Trinajstić information content (AvgIpc) is 3.33. The maximum Gasteiger partial charge on any atom is 0.124 e. The SMILES string of the molecule is CC(C)c1ccc([C@](O)(c2cncc(N3C4CCC3CC4)c2)C2(C)CN(C)C2)cc1. The van der Waals surface area contributed by atoms with Gasteiger partial charge in [0.15, 0.2) is 0 Å². The maximum atomic E-state index is 12.4. The topological polar surface area (TPSA) is 39.6 Å². The highest BCUT2D eigenvalue weighted by molar-refractivity contribution is 5.54. The van der Waals surface area contributed by atoms with Gasteiger partial charge in [-0.25, -0.2) is 0 Å². The first-order chi connectivity index (χ1) is 14.3. The highest BCUT2D eigenvalue weighted by Crippen LogP contribution is 2.51. The van der Waals surface area contributed by atoms with E-state index in [-0.39, 0.29) is 5.41 Å². The second-order valence-electron chi connectivity index (χ2n) is 10.5. The molecular formula is C26H35N3O. The van der Waals surface area contributed by atoms with Gasteiger partial charge in [0, 0.05) is 42.3 Å². The van der Waals surface area contributed by atoms with Crippen LogP contribution in [0, 0.1) is 5.41 Å². The summed E-state index contributed by atoms with van der Waals surface area (Å²) in [6, 6.07) is 12.1. The number of aliphatic hydroxyl groups is 1. The number of likely N-dealkylation sites (tertiary alicyclic amines) is 1. The summed E-state index contributed by atoms with van der Waals surface area (Å²) in [5.41, 5.74) is 3.09. The number of rotatable bonds is 5. The van der Waals surface area contributed by atoms with Crippen molar-refractivity contribution in [3.05, 3.63) is 59.4 Å². The third kappa shape index (κ3) is 2.91. The van der Waals surface area contributed by atoms with Crippen molar-refractivity contribution in [2.24, 2.45) is 5.41 Å². The summed E-state index contributed by atoms with van der Waals surface area (Å²) >= 11 is 0. The molecule has 4 nitrogen and oxygen atoms in total. The lowest BCUT2D eigenvalue weighted by Crippen LogP contribution is -2.63. The van der Waals surface area contributed by atoms with Crippen molar-refractivity contribution in [1.29, 1.82) is 0 Å². The van der Waals surface area contributed by atoms with Crippen molar-refractivity contribution in [2.45, 2.75) is 70.1 Å². The molecule has 0 saturated carbocycles. The van der Waals surface area contributed by atoms with Gasteiger partial charge in [0.25, 0.3) is 0 Å². The minimum absolute atomic E-state index is 0.245. The number of pyridine rings is 1. The highest BCUT2D eigenvalue weighted by atomic mass is 16.3. The molecule has 3 aliphatic heterocycles. The summed E-state index contributed by atoms with van der Waals surface area (Å²) in [6.45, 7) is 8.38. The molecule has 3 saturated heterocycles. The lowest BCUT2D eigenvalue weighted by atomic mass is 9.62. The van der Waals surface area contributed by atoms with E-state index in [1.165, 1.54) is 36.9 Å². The van der Waals surface area contributed by atoms with Crippen LogP contribution >= 0.6 is 0 Å². The molecule has 160 valence electrons. The van der Waals surface area contributed by atoms with Gasteiger partial charge in [-0.15, -0.1) is 0 Å². The normalized spacial score (nSPS) is 27.3. The number of fused-ring (bicyclic) bond motifs is 2. The number of anilines is 1. The van der Waals surface area contributed by atoms with Crippen molar-refractivity contribution in [3.63, 3.8) is 0 Å². The molecule has 3 aliphatic rings.